The van der Waals surface area contributed by atoms with E-state index < -0.39 is 0 Å². The molecule has 0 aliphatic carbocycles. The number of urea groups is 1. The van der Waals surface area contributed by atoms with Crippen LogP contribution in [0.1, 0.15) is 56.7 Å². The van der Waals surface area contributed by atoms with Crippen molar-refractivity contribution in [3.05, 3.63) is 16.1 Å². The van der Waals surface area contributed by atoms with Gasteiger partial charge in [0.2, 0.25) is 5.91 Å². The third-order valence-corrected chi connectivity index (χ3v) is 5.51. The zero-order chi connectivity index (χ0) is 18.4. The molecule has 1 N–H and O–H groups in total. The SMILES string of the molecule is CCCC[C@@H]1C(=O)N(C)CCN1C(=O)NCCc1nc(C(C)C)cs1. The second-order valence-corrected chi connectivity index (χ2v) is 7.86. The molecule has 7 heteroatoms. The van der Waals surface area contributed by atoms with Crippen LogP contribution in [0.25, 0.3) is 0 Å². The van der Waals surface area contributed by atoms with E-state index in [1.165, 1.54) is 0 Å². The Bertz CT molecular complexity index is 587. The predicted octanol–water partition coefficient (Wildman–Crippen LogP) is 2.85. The molecule has 0 saturated carbocycles. The summed E-state index contributed by atoms with van der Waals surface area (Å²) in [5, 5.41) is 6.09. The van der Waals surface area contributed by atoms with Crippen LogP contribution in [0.4, 0.5) is 4.79 Å². The number of likely N-dealkylation sites (N-methyl/N-ethyl adjacent to an activating group) is 1. The maximum atomic E-state index is 12.6. The van der Waals surface area contributed by atoms with Gasteiger partial charge in [0.05, 0.1) is 10.7 Å². The lowest BCUT2D eigenvalue weighted by atomic mass is 10.0. The lowest BCUT2D eigenvalue weighted by molar-refractivity contribution is -0.138. The molecule has 2 rings (SSSR count). The molecule has 6 nitrogen and oxygen atoms in total. The highest BCUT2D eigenvalue weighted by molar-refractivity contribution is 7.09. The highest BCUT2D eigenvalue weighted by Crippen LogP contribution is 2.18. The number of carbonyl (C=O) groups is 2. The van der Waals surface area contributed by atoms with Crippen LogP contribution < -0.4 is 5.32 Å². The molecule has 25 heavy (non-hydrogen) atoms. The molecule has 2 heterocycles. The van der Waals surface area contributed by atoms with Gasteiger partial charge in [0.25, 0.3) is 0 Å². The van der Waals surface area contributed by atoms with Crippen LogP contribution in [0, 0.1) is 0 Å². The number of piperazine rings is 1. The van der Waals surface area contributed by atoms with Gasteiger partial charge in [-0.2, -0.15) is 0 Å². The zero-order valence-electron chi connectivity index (χ0n) is 15.7. The van der Waals surface area contributed by atoms with E-state index >= 15 is 0 Å². The first-order chi connectivity index (χ1) is 11.9. The van der Waals surface area contributed by atoms with E-state index in [2.05, 4.69) is 36.5 Å². The summed E-state index contributed by atoms with van der Waals surface area (Å²) in [4.78, 5) is 33.0. The largest absolute Gasteiger partial charge is 0.342 e. The predicted molar refractivity (Wildman–Crippen MR) is 101 cm³/mol. The molecule has 1 aliphatic heterocycles. The first kappa shape index (κ1) is 19.7. The van der Waals surface area contributed by atoms with Crippen LogP contribution in [-0.2, 0) is 11.2 Å². The normalized spacial score (nSPS) is 18.1. The number of aromatic nitrogens is 1. The third kappa shape index (κ3) is 5.17. The number of carbonyl (C=O) groups excluding carboxylic acids is 2. The van der Waals surface area contributed by atoms with Gasteiger partial charge in [-0.15, -0.1) is 11.3 Å². The molecule has 1 saturated heterocycles. The number of nitrogens with one attached hydrogen (secondary N) is 1. The fraction of sp³-hybridized carbons (Fsp3) is 0.722. The Balaban J connectivity index is 1.87. The molecule has 0 radical (unpaired) electrons. The van der Waals surface area contributed by atoms with Crippen molar-refractivity contribution in [2.75, 3.05) is 26.7 Å². The van der Waals surface area contributed by atoms with E-state index in [0.29, 0.717) is 25.6 Å². The average Bonchev–Trinajstić information content (AvgIpc) is 3.05. The van der Waals surface area contributed by atoms with Crippen molar-refractivity contribution in [2.45, 2.75) is 58.4 Å². The summed E-state index contributed by atoms with van der Waals surface area (Å²) in [7, 11) is 1.81. The van der Waals surface area contributed by atoms with Crippen LogP contribution >= 0.6 is 11.3 Å². The van der Waals surface area contributed by atoms with Crippen molar-refractivity contribution < 1.29 is 9.59 Å². The van der Waals surface area contributed by atoms with Crippen molar-refractivity contribution in [3.8, 4) is 0 Å². The van der Waals surface area contributed by atoms with Gasteiger partial charge in [0.15, 0.2) is 0 Å². The molecule has 0 unspecified atom stereocenters. The number of rotatable bonds is 7. The number of hydrogen-bond acceptors (Lipinski definition) is 4. The number of amides is 3. The first-order valence-corrected chi connectivity index (χ1v) is 10.1. The van der Waals surface area contributed by atoms with E-state index in [9.17, 15) is 9.59 Å². The molecule has 0 aromatic carbocycles. The standard InChI is InChI=1S/C18H30N4O2S/c1-5-6-7-15-17(23)21(4)10-11-22(15)18(24)19-9-8-16-20-14(12-25-16)13(2)3/h12-13,15H,5-11H2,1-4H3,(H,19,24)/t15-/m1/s1. The minimum absolute atomic E-state index is 0.0522. The topological polar surface area (TPSA) is 65.5 Å². The minimum Gasteiger partial charge on any atom is -0.342 e. The number of hydrogen-bond donors (Lipinski definition) is 1. The molecule has 1 aromatic heterocycles. The van der Waals surface area contributed by atoms with Gasteiger partial charge < -0.3 is 15.1 Å². The van der Waals surface area contributed by atoms with Gasteiger partial charge >= 0.3 is 6.03 Å². The van der Waals surface area contributed by atoms with Crippen molar-refractivity contribution in [3.63, 3.8) is 0 Å². The Kier molecular flexibility index (Phi) is 7.23. The van der Waals surface area contributed by atoms with Gasteiger partial charge in [-0.05, 0) is 12.3 Å². The number of thiazole rings is 1. The van der Waals surface area contributed by atoms with Crippen LogP contribution in [0.2, 0.25) is 0 Å². The molecule has 1 fully saturated rings. The Labute approximate surface area is 154 Å². The fourth-order valence-electron chi connectivity index (χ4n) is 2.91. The smallest absolute Gasteiger partial charge is 0.318 e. The van der Waals surface area contributed by atoms with Gasteiger partial charge in [0.1, 0.15) is 6.04 Å². The minimum atomic E-state index is -0.328. The number of nitrogens with zero attached hydrogens (tertiary/aromatic N) is 3. The molecule has 140 valence electrons. The molecule has 1 aromatic rings. The maximum Gasteiger partial charge on any atom is 0.318 e. The molecular formula is C18H30N4O2S. The molecule has 0 spiro atoms. The van der Waals surface area contributed by atoms with Gasteiger partial charge in [-0.1, -0.05) is 33.6 Å². The van der Waals surface area contributed by atoms with Crippen LogP contribution in [-0.4, -0.2) is 59.4 Å². The molecule has 0 bridgehead atoms. The lowest BCUT2D eigenvalue weighted by Gasteiger charge is -2.39. The Morgan fingerprint density at radius 1 is 1.44 bits per heavy atom. The van der Waals surface area contributed by atoms with Gasteiger partial charge in [-0.3, -0.25) is 4.79 Å². The zero-order valence-corrected chi connectivity index (χ0v) is 16.6. The van der Waals surface area contributed by atoms with E-state index in [4.69, 9.17) is 0 Å². The maximum absolute atomic E-state index is 12.6. The van der Waals surface area contributed by atoms with Crippen LogP contribution in [0.5, 0.6) is 0 Å². The summed E-state index contributed by atoms with van der Waals surface area (Å²) >= 11 is 1.64. The van der Waals surface area contributed by atoms with Crippen molar-refractivity contribution >= 4 is 23.3 Å². The second-order valence-electron chi connectivity index (χ2n) is 6.91. The summed E-state index contributed by atoms with van der Waals surface area (Å²) in [6.45, 7) is 8.09. The highest BCUT2D eigenvalue weighted by Gasteiger charge is 2.35. The van der Waals surface area contributed by atoms with Crippen molar-refractivity contribution in [1.29, 1.82) is 0 Å². The van der Waals surface area contributed by atoms with Crippen LogP contribution in [0.15, 0.2) is 5.38 Å². The monoisotopic (exact) mass is 366 g/mol. The molecule has 1 aliphatic rings. The van der Waals surface area contributed by atoms with E-state index in [-0.39, 0.29) is 18.0 Å². The van der Waals surface area contributed by atoms with Gasteiger partial charge in [-0.25, -0.2) is 9.78 Å². The fourth-order valence-corrected chi connectivity index (χ4v) is 3.87. The summed E-state index contributed by atoms with van der Waals surface area (Å²) in [5.41, 5.74) is 1.11. The summed E-state index contributed by atoms with van der Waals surface area (Å²) in [6.07, 6.45) is 3.43. The second kappa shape index (κ2) is 9.17. The third-order valence-electron chi connectivity index (χ3n) is 4.58. The van der Waals surface area contributed by atoms with Crippen molar-refractivity contribution in [1.82, 2.24) is 20.1 Å². The summed E-state index contributed by atoms with van der Waals surface area (Å²) in [6, 6.07) is -0.464. The number of unbranched alkanes of at least 4 members (excludes halogenated alkanes) is 1. The van der Waals surface area contributed by atoms with Crippen molar-refractivity contribution in [2.24, 2.45) is 0 Å². The molecule has 1 atom stereocenters. The first-order valence-electron chi connectivity index (χ1n) is 9.17. The Morgan fingerprint density at radius 2 is 2.20 bits per heavy atom. The van der Waals surface area contributed by atoms with Gasteiger partial charge in [0, 0.05) is 38.5 Å². The quantitative estimate of drug-likeness (QED) is 0.807. The highest BCUT2D eigenvalue weighted by atomic mass is 32.1. The average molecular weight is 367 g/mol. The van der Waals surface area contributed by atoms with Crippen LogP contribution in [0.3, 0.4) is 0 Å². The Hall–Kier alpha value is -1.63. The lowest BCUT2D eigenvalue weighted by Crippen LogP contribution is -2.59. The van der Waals surface area contributed by atoms with E-state index in [0.717, 1.165) is 36.4 Å². The summed E-state index contributed by atoms with van der Waals surface area (Å²) in [5.74, 6) is 0.478. The summed E-state index contributed by atoms with van der Waals surface area (Å²) < 4.78 is 0. The van der Waals surface area contributed by atoms with E-state index in [1.807, 2.05) is 7.05 Å². The molecule has 3 amide bonds. The van der Waals surface area contributed by atoms with E-state index in [1.54, 1.807) is 21.1 Å². The Morgan fingerprint density at radius 3 is 2.84 bits per heavy atom. The molecular weight excluding hydrogens is 336 g/mol.